The van der Waals surface area contributed by atoms with Gasteiger partial charge in [-0.3, -0.25) is 4.79 Å². The quantitative estimate of drug-likeness (QED) is 0.877. The zero-order valence-corrected chi connectivity index (χ0v) is 10.3. The molecule has 1 unspecified atom stereocenters. The Morgan fingerprint density at radius 2 is 2.22 bits per heavy atom. The summed E-state index contributed by atoms with van der Waals surface area (Å²) in [6.07, 6.45) is 0. The number of halogens is 1. The lowest BCUT2D eigenvalue weighted by molar-refractivity contribution is -0.138. The molecule has 4 nitrogen and oxygen atoms in total. The van der Waals surface area contributed by atoms with E-state index in [2.05, 4.69) is 0 Å². The van der Waals surface area contributed by atoms with Crippen LogP contribution >= 0.6 is 0 Å². The molecule has 96 valence electrons. The summed E-state index contributed by atoms with van der Waals surface area (Å²) in [6, 6.07) is 3.22. The number of aryl methyl sites for hydroxylation is 1. The Kier molecular flexibility index (Phi) is 3.09. The van der Waals surface area contributed by atoms with Gasteiger partial charge >= 0.3 is 5.97 Å². The van der Waals surface area contributed by atoms with Crippen molar-refractivity contribution >= 4 is 16.9 Å². The highest BCUT2D eigenvalue weighted by Crippen LogP contribution is 2.30. The van der Waals surface area contributed by atoms with Gasteiger partial charge in [-0.15, -0.1) is 0 Å². The van der Waals surface area contributed by atoms with Gasteiger partial charge in [-0.05, 0) is 32.0 Å². The van der Waals surface area contributed by atoms with Crippen LogP contribution in [0.5, 0.6) is 0 Å². The van der Waals surface area contributed by atoms with E-state index < -0.39 is 12.0 Å². The highest BCUT2D eigenvalue weighted by Gasteiger charge is 2.23. The molecule has 2 rings (SSSR count). The van der Waals surface area contributed by atoms with Gasteiger partial charge in [-0.2, -0.15) is 0 Å². The molecule has 1 aromatic carbocycles. The minimum Gasteiger partial charge on any atom is -0.480 e. The zero-order valence-electron chi connectivity index (χ0n) is 10.3. The molecule has 1 atom stereocenters. The fourth-order valence-electron chi connectivity index (χ4n) is 2.40. The van der Waals surface area contributed by atoms with Gasteiger partial charge < -0.3 is 15.4 Å². The standard InChI is InChI=1S/C13H15FN2O2/c1-3-16-7(2)11(12(15)13(17)18)9-5-4-8(14)6-10(9)16/h4-6,12H,3,15H2,1-2H3,(H,17,18). The van der Waals surface area contributed by atoms with E-state index in [0.29, 0.717) is 23.0 Å². The van der Waals surface area contributed by atoms with Crippen molar-refractivity contribution in [2.45, 2.75) is 26.4 Å². The second kappa shape index (κ2) is 4.42. The molecule has 3 N–H and O–H groups in total. The molecule has 0 fully saturated rings. The van der Waals surface area contributed by atoms with Crippen molar-refractivity contribution < 1.29 is 14.3 Å². The number of aromatic nitrogens is 1. The molecule has 0 spiro atoms. The van der Waals surface area contributed by atoms with Crippen molar-refractivity contribution in [3.63, 3.8) is 0 Å². The first kappa shape index (κ1) is 12.6. The first-order valence-corrected chi connectivity index (χ1v) is 5.74. The molecule has 2 aromatic rings. The Hall–Kier alpha value is -1.88. The van der Waals surface area contributed by atoms with Gasteiger partial charge in [0.15, 0.2) is 0 Å². The first-order valence-electron chi connectivity index (χ1n) is 5.74. The van der Waals surface area contributed by atoms with Crippen molar-refractivity contribution in [3.05, 3.63) is 35.3 Å². The van der Waals surface area contributed by atoms with E-state index in [1.54, 1.807) is 13.0 Å². The Labute approximate surface area is 104 Å². The maximum Gasteiger partial charge on any atom is 0.325 e. The third-order valence-corrected chi connectivity index (χ3v) is 3.23. The third-order valence-electron chi connectivity index (χ3n) is 3.23. The number of carbonyl (C=O) groups is 1. The number of nitrogens with two attached hydrogens (primary N) is 1. The first-order chi connectivity index (χ1) is 8.47. The third kappa shape index (κ3) is 1.76. The average molecular weight is 250 g/mol. The molecular formula is C13H15FN2O2. The van der Waals surface area contributed by atoms with Crippen LogP contribution in [0.2, 0.25) is 0 Å². The minimum atomic E-state index is -1.09. The van der Waals surface area contributed by atoms with Crippen LogP contribution in [0.15, 0.2) is 18.2 Å². The van der Waals surface area contributed by atoms with E-state index in [1.165, 1.54) is 12.1 Å². The molecule has 0 aliphatic heterocycles. The van der Waals surface area contributed by atoms with E-state index in [0.717, 1.165) is 5.69 Å². The molecule has 5 heteroatoms. The van der Waals surface area contributed by atoms with E-state index in [1.807, 2.05) is 11.5 Å². The number of carboxylic acids is 1. The van der Waals surface area contributed by atoms with Crippen LogP contribution in [-0.4, -0.2) is 15.6 Å². The van der Waals surface area contributed by atoms with Crippen LogP contribution in [0.4, 0.5) is 4.39 Å². The lowest BCUT2D eigenvalue weighted by atomic mass is 10.0. The summed E-state index contributed by atoms with van der Waals surface area (Å²) in [6.45, 7) is 4.37. The number of carboxylic acid groups (broad SMARTS) is 1. The zero-order chi connectivity index (χ0) is 13.4. The van der Waals surface area contributed by atoms with E-state index in [-0.39, 0.29) is 5.82 Å². The van der Waals surface area contributed by atoms with Crippen molar-refractivity contribution in [2.24, 2.45) is 5.73 Å². The molecule has 0 aliphatic carbocycles. The fraction of sp³-hybridized carbons (Fsp3) is 0.308. The molecule has 0 amide bonds. The Morgan fingerprint density at radius 1 is 1.56 bits per heavy atom. The van der Waals surface area contributed by atoms with Gasteiger partial charge in [0, 0.05) is 23.2 Å². The Morgan fingerprint density at radius 3 is 2.78 bits per heavy atom. The topological polar surface area (TPSA) is 68.2 Å². The summed E-state index contributed by atoms with van der Waals surface area (Å²) in [5.41, 5.74) is 7.71. The number of fused-ring (bicyclic) bond motifs is 1. The van der Waals surface area contributed by atoms with Crippen LogP contribution < -0.4 is 5.73 Å². The smallest absolute Gasteiger partial charge is 0.325 e. The second-order valence-corrected chi connectivity index (χ2v) is 4.22. The van der Waals surface area contributed by atoms with Gasteiger partial charge in [-0.25, -0.2) is 4.39 Å². The Balaban J connectivity index is 2.81. The number of benzene rings is 1. The number of aliphatic carboxylic acids is 1. The molecule has 0 radical (unpaired) electrons. The Bertz CT molecular complexity index is 619. The average Bonchev–Trinajstić information content (AvgIpc) is 2.59. The lowest BCUT2D eigenvalue weighted by Gasteiger charge is -2.08. The normalized spacial score (nSPS) is 12.9. The van der Waals surface area contributed by atoms with Crippen LogP contribution in [0.3, 0.4) is 0 Å². The molecular weight excluding hydrogens is 235 g/mol. The van der Waals surface area contributed by atoms with Crippen molar-refractivity contribution in [3.8, 4) is 0 Å². The van der Waals surface area contributed by atoms with Gasteiger partial charge in [0.1, 0.15) is 11.9 Å². The largest absolute Gasteiger partial charge is 0.480 e. The van der Waals surface area contributed by atoms with Gasteiger partial charge in [0.05, 0.1) is 5.52 Å². The number of rotatable bonds is 3. The SMILES string of the molecule is CCn1c(C)c(C(N)C(=O)O)c2ccc(F)cc21. The highest BCUT2D eigenvalue weighted by atomic mass is 19.1. The number of hydrogen-bond acceptors (Lipinski definition) is 2. The van der Waals surface area contributed by atoms with Gasteiger partial charge in [-0.1, -0.05) is 0 Å². The van der Waals surface area contributed by atoms with E-state index >= 15 is 0 Å². The molecule has 18 heavy (non-hydrogen) atoms. The predicted octanol–water partition coefficient (Wildman–Crippen LogP) is 2.19. The number of nitrogens with zero attached hydrogens (tertiary/aromatic N) is 1. The van der Waals surface area contributed by atoms with Crippen LogP contribution in [0, 0.1) is 12.7 Å². The summed E-state index contributed by atoms with van der Waals surface area (Å²) in [4.78, 5) is 11.1. The molecule has 1 aromatic heterocycles. The summed E-state index contributed by atoms with van der Waals surface area (Å²) in [5, 5.41) is 9.75. The molecule has 0 saturated carbocycles. The predicted molar refractivity (Wildman–Crippen MR) is 66.9 cm³/mol. The van der Waals surface area contributed by atoms with Crippen LogP contribution in [0.1, 0.15) is 24.2 Å². The summed E-state index contributed by atoms with van der Waals surface area (Å²) >= 11 is 0. The van der Waals surface area contributed by atoms with Crippen LogP contribution in [0.25, 0.3) is 10.9 Å². The molecule has 0 bridgehead atoms. The summed E-state index contributed by atoms with van der Waals surface area (Å²) < 4.78 is 15.2. The molecule has 1 heterocycles. The number of hydrogen-bond donors (Lipinski definition) is 2. The maximum absolute atomic E-state index is 13.3. The van der Waals surface area contributed by atoms with Gasteiger partial charge in [0.25, 0.3) is 0 Å². The van der Waals surface area contributed by atoms with Gasteiger partial charge in [0.2, 0.25) is 0 Å². The van der Waals surface area contributed by atoms with Crippen molar-refractivity contribution in [1.29, 1.82) is 0 Å². The highest BCUT2D eigenvalue weighted by molar-refractivity contribution is 5.91. The van der Waals surface area contributed by atoms with E-state index in [4.69, 9.17) is 10.8 Å². The van der Waals surface area contributed by atoms with E-state index in [9.17, 15) is 9.18 Å². The summed E-state index contributed by atoms with van der Waals surface area (Å²) in [5.74, 6) is -1.43. The minimum absolute atomic E-state index is 0.342. The van der Waals surface area contributed by atoms with Crippen molar-refractivity contribution in [1.82, 2.24) is 4.57 Å². The molecule has 0 aliphatic rings. The van der Waals surface area contributed by atoms with Crippen LogP contribution in [-0.2, 0) is 11.3 Å². The molecule has 0 saturated heterocycles. The fourth-order valence-corrected chi connectivity index (χ4v) is 2.40. The lowest BCUT2D eigenvalue weighted by Crippen LogP contribution is -2.21. The summed E-state index contributed by atoms with van der Waals surface area (Å²) in [7, 11) is 0. The maximum atomic E-state index is 13.3. The second-order valence-electron chi connectivity index (χ2n) is 4.22. The monoisotopic (exact) mass is 250 g/mol. The van der Waals surface area contributed by atoms with Crippen molar-refractivity contribution in [2.75, 3.05) is 0 Å².